The predicted molar refractivity (Wildman–Crippen MR) is 57.5 cm³/mol. The molecule has 1 heterocycles. The second kappa shape index (κ2) is 5.47. The second-order valence-corrected chi connectivity index (χ2v) is 4.29. The van der Waals surface area contributed by atoms with E-state index >= 15 is 0 Å². The van der Waals surface area contributed by atoms with E-state index in [1.54, 1.807) is 0 Å². The molecule has 0 radical (unpaired) electrons. The summed E-state index contributed by atoms with van der Waals surface area (Å²) in [5, 5.41) is 12.1. The summed E-state index contributed by atoms with van der Waals surface area (Å²) in [6, 6.07) is 0. The van der Waals surface area contributed by atoms with Crippen LogP contribution in [-0.2, 0) is 9.53 Å². The molecule has 0 aromatic heterocycles. The van der Waals surface area contributed by atoms with Crippen LogP contribution in [0.3, 0.4) is 0 Å². The van der Waals surface area contributed by atoms with Crippen LogP contribution in [-0.4, -0.2) is 35.9 Å². The molecule has 2 atom stereocenters. The van der Waals surface area contributed by atoms with Gasteiger partial charge in [0.15, 0.2) is 0 Å². The zero-order chi connectivity index (χ0) is 11.3. The van der Waals surface area contributed by atoms with Crippen LogP contribution >= 0.6 is 0 Å². The summed E-state index contributed by atoms with van der Waals surface area (Å²) in [7, 11) is 0. The molecule has 2 N–H and O–H groups in total. The summed E-state index contributed by atoms with van der Waals surface area (Å²) in [4.78, 5) is 11.7. The van der Waals surface area contributed by atoms with Crippen molar-refractivity contribution in [2.24, 2.45) is 0 Å². The Labute approximate surface area is 91.0 Å². The predicted octanol–water partition coefficient (Wildman–Crippen LogP) is 0.833. The van der Waals surface area contributed by atoms with Crippen LogP contribution in [0.1, 0.15) is 39.5 Å². The molecular weight excluding hydrogens is 194 g/mol. The number of hydrogen-bond donors (Lipinski definition) is 2. The molecule has 1 rings (SSSR count). The average molecular weight is 215 g/mol. The molecule has 1 aliphatic heterocycles. The minimum Gasteiger partial charge on any atom is -0.393 e. The molecule has 0 bridgehead atoms. The summed E-state index contributed by atoms with van der Waals surface area (Å²) in [5.74, 6) is -0.0525. The van der Waals surface area contributed by atoms with E-state index in [-0.39, 0.29) is 12.0 Å². The highest BCUT2D eigenvalue weighted by molar-refractivity contribution is 5.84. The lowest BCUT2D eigenvalue weighted by Crippen LogP contribution is -2.44. The number of nitrogens with one attached hydrogen (secondary N) is 1. The van der Waals surface area contributed by atoms with Gasteiger partial charge in [0.25, 0.3) is 5.91 Å². The number of amides is 1. The topological polar surface area (TPSA) is 58.6 Å². The van der Waals surface area contributed by atoms with Crippen LogP contribution in [0.25, 0.3) is 0 Å². The number of rotatable bonds is 5. The fourth-order valence-electron chi connectivity index (χ4n) is 1.70. The quantitative estimate of drug-likeness (QED) is 0.714. The lowest BCUT2D eigenvalue weighted by atomic mass is 10.0. The Morgan fingerprint density at radius 3 is 2.93 bits per heavy atom. The summed E-state index contributed by atoms with van der Waals surface area (Å²) >= 11 is 0. The van der Waals surface area contributed by atoms with Gasteiger partial charge in [-0.25, -0.2) is 0 Å². The second-order valence-electron chi connectivity index (χ2n) is 4.29. The Hall–Kier alpha value is -0.610. The molecule has 0 aliphatic carbocycles. The zero-order valence-electron chi connectivity index (χ0n) is 9.58. The van der Waals surface area contributed by atoms with Gasteiger partial charge in [-0.2, -0.15) is 0 Å². The van der Waals surface area contributed by atoms with Gasteiger partial charge in [-0.05, 0) is 32.6 Å². The summed E-state index contributed by atoms with van der Waals surface area (Å²) in [6.45, 7) is 4.94. The fraction of sp³-hybridized carbons (Fsp3) is 0.909. The number of aliphatic hydroxyl groups is 1. The number of ether oxygens (including phenoxy) is 1. The lowest BCUT2D eigenvalue weighted by Gasteiger charge is -2.22. The molecule has 0 aromatic rings. The van der Waals surface area contributed by atoms with E-state index in [9.17, 15) is 9.90 Å². The van der Waals surface area contributed by atoms with Crippen LogP contribution in [0.4, 0.5) is 0 Å². The van der Waals surface area contributed by atoms with E-state index in [0.717, 1.165) is 19.3 Å². The molecule has 0 saturated carbocycles. The first-order valence-corrected chi connectivity index (χ1v) is 5.69. The minimum absolute atomic E-state index is 0.0525. The van der Waals surface area contributed by atoms with E-state index in [0.29, 0.717) is 19.6 Å². The van der Waals surface area contributed by atoms with Crippen LogP contribution in [0.15, 0.2) is 0 Å². The van der Waals surface area contributed by atoms with E-state index in [1.165, 1.54) is 0 Å². The smallest absolute Gasteiger partial charge is 0.251 e. The molecule has 0 spiro atoms. The van der Waals surface area contributed by atoms with E-state index in [4.69, 9.17) is 4.74 Å². The molecule has 2 unspecified atom stereocenters. The molecule has 1 amide bonds. The molecule has 1 saturated heterocycles. The molecule has 4 heteroatoms. The third kappa shape index (κ3) is 3.47. The van der Waals surface area contributed by atoms with Gasteiger partial charge in [0.05, 0.1) is 6.10 Å². The van der Waals surface area contributed by atoms with Gasteiger partial charge in [0, 0.05) is 13.2 Å². The fourth-order valence-corrected chi connectivity index (χ4v) is 1.70. The Kier molecular flexibility index (Phi) is 4.54. The van der Waals surface area contributed by atoms with Crippen molar-refractivity contribution in [1.29, 1.82) is 0 Å². The molecule has 1 aliphatic rings. The maximum atomic E-state index is 11.7. The first-order valence-electron chi connectivity index (χ1n) is 5.69. The van der Waals surface area contributed by atoms with Crippen LogP contribution in [0, 0.1) is 0 Å². The normalized spacial score (nSPS) is 27.7. The SMILES string of the molecule is CCC(O)CCNC(=O)C1(C)CCCO1. The Morgan fingerprint density at radius 1 is 1.67 bits per heavy atom. The highest BCUT2D eigenvalue weighted by atomic mass is 16.5. The number of aliphatic hydroxyl groups excluding tert-OH is 1. The molecule has 4 nitrogen and oxygen atoms in total. The minimum atomic E-state index is -0.642. The monoisotopic (exact) mass is 215 g/mol. The van der Waals surface area contributed by atoms with Crippen LogP contribution in [0.5, 0.6) is 0 Å². The highest BCUT2D eigenvalue weighted by Crippen LogP contribution is 2.24. The molecule has 15 heavy (non-hydrogen) atoms. The van der Waals surface area contributed by atoms with Gasteiger partial charge in [-0.1, -0.05) is 6.92 Å². The lowest BCUT2D eigenvalue weighted by molar-refractivity contribution is -0.139. The van der Waals surface area contributed by atoms with E-state index in [2.05, 4.69) is 5.32 Å². The van der Waals surface area contributed by atoms with Crippen LogP contribution < -0.4 is 5.32 Å². The first-order chi connectivity index (χ1) is 7.08. The summed E-state index contributed by atoms with van der Waals surface area (Å²) in [6.07, 6.45) is 2.75. The zero-order valence-corrected chi connectivity index (χ0v) is 9.58. The van der Waals surface area contributed by atoms with Crippen molar-refractivity contribution in [3.05, 3.63) is 0 Å². The largest absolute Gasteiger partial charge is 0.393 e. The maximum Gasteiger partial charge on any atom is 0.251 e. The van der Waals surface area contributed by atoms with Crippen molar-refractivity contribution < 1.29 is 14.6 Å². The van der Waals surface area contributed by atoms with Crippen molar-refractivity contribution in [2.75, 3.05) is 13.2 Å². The van der Waals surface area contributed by atoms with Gasteiger partial charge in [0.2, 0.25) is 0 Å². The van der Waals surface area contributed by atoms with E-state index < -0.39 is 5.60 Å². The van der Waals surface area contributed by atoms with Crippen molar-refractivity contribution >= 4 is 5.91 Å². The van der Waals surface area contributed by atoms with Gasteiger partial charge < -0.3 is 15.2 Å². The van der Waals surface area contributed by atoms with Crippen molar-refractivity contribution in [3.63, 3.8) is 0 Å². The summed E-state index contributed by atoms with van der Waals surface area (Å²) < 4.78 is 5.41. The van der Waals surface area contributed by atoms with Gasteiger partial charge in [0.1, 0.15) is 5.60 Å². The maximum absolute atomic E-state index is 11.7. The highest BCUT2D eigenvalue weighted by Gasteiger charge is 2.37. The Bertz CT molecular complexity index is 212. The van der Waals surface area contributed by atoms with Gasteiger partial charge >= 0.3 is 0 Å². The molecule has 0 aromatic carbocycles. The van der Waals surface area contributed by atoms with Crippen molar-refractivity contribution in [2.45, 2.75) is 51.2 Å². The number of carbonyl (C=O) groups is 1. The van der Waals surface area contributed by atoms with Gasteiger partial charge in [-0.3, -0.25) is 4.79 Å². The first kappa shape index (κ1) is 12.5. The Morgan fingerprint density at radius 2 is 2.40 bits per heavy atom. The number of carbonyl (C=O) groups excluding carboxylic acids is 1. The van der Waals surface area contributed by atoms with Crippen molar-refractivity contribution in [1.82, 2.24) is 5.32 Å². The van der Waals surface area contributed by atoms with Crippen LogP contribution in [0.2, 0.25) is 0 Å². The number of hydrogen-bond acceptors (Lipinski definition) is 3. The molecule has 88 valence electrons. The Balaban J connectivity index is 2.24. The average Bonchev–Trinajstić information content (AvgIpc) is 2.66. The summed E-state index contributed by atoms with van der Waals surface area (Å²) in [5.41, 5.74) is -0.642. The molecule has 1 fully saturated rings. The molecular formula is C11H21NO3. The third-order valence-corrected chi connectivity index (χ3v) is 2.93. The van der Waals surface area contributed by atoms with E-state index in [1.807, 2.05) is 13.8 Å². The van der Waals surface area contributed by atoms with Crippen molar-refractivity contribution in [3.8, 4) is 0 Å². The standard InChI is InChI=1S/C11H21NO3/c1-3-9(13)5-7-12-10(14)11(2)6-4-8-15-11/h9,13H,3-8H2,1-2H3,(H,12,14). The van der Waals surface area contributed by atoms with Gasteiger partial charge in [-0.15, -0.1) is 0 Å². The third-order valence-electron chi connectivity index (χ3n) is 2.93.